The van der Waals surface area contributed by atoms with E-state index in [-0.39, 0.29) is 56.0 Å². The molecule has 0 saturated carbocycles. The molecule has 0 amide bonds. The van der Waals surface area contributed by atoms with Crippen LogP contribution in [-0.4, -0.2) is 276 Å². The SMILES string of the molecule is C=CCC(=C)/C=C/[C@](C)(O)[C@@H]1O[C@@H]2C[C@@H]3O[C@@H]4C[C@@H]5O[C@@H]6C[C@@H]7O[C@@H]8C[C@@H]9O[C@@H]%10C[C@@H]%11O[C@](C)(CCCOS(=O)(=O)O)[C@@H](OS(=O)(=O)O)C[C@H]%11O[C@H]%10C[C@H]9O[C@H]8CC[C@@]7(C)O[C@@]6(C)C[C@H](C)[C@H]5O[C@H]4[C@@H](O[C@H]4O[C@@H](CO[C@H]5O[C@@H](CO)[C@H](O)[C@H]5O)[C@H](O)[C@H]4O)[C@@]3(C)O[C@H]2CC1=C. The molecule has 13 heterocycles. The summed E-state index contributed by atoms with van der Waals surface area (Å²) in [5.41, 5.74) is -4.40. The molecule has 0 spiro atoms. The van der Waals surface area contributed by atoms with Crippen molar-refractivity contribution in [2.24, 2.45) is 5.92 Å². The van der Waals surface area contributed by atoms with Crippen molar-refractivity contribution in [1.82, 2.24) is 0 Å². The van der Waals surface area contributed by atoms with Crippen LogP contribution in [-0.2, 0) is 100 Å². The molecular weight excluding hydrogens is 1310 g/mol. The summed E-state index contributed by atoms with van der Waals surface area (Å²) in [7, 11) is -9.67. The van der Waals surface area contributed by atoms with Crippen molar-refractivity contribution in [2.45, 2.75) is 331 Å². The summed E-state index contributed by atoms with van der Waals surface area (Å²) in [4.78, 5) is 0. The zero-order valence-electron chi connectivity index (χ0n) is 55.1. The lowest BCUT2D eigenvalue weighted by Crippen LogP contribution is -2.74. The molecule has 34 atom stereocenters. The fourth-order valence-electron chi connectivity index (χ4n) is 18.1. The summed E-state index contributed by atoms with van der Waals surface area (Å²) >= 11 is 0. The van der Waals surface area contributed by atoms with E-state index in [0.717, 1.165) is 5.57 Å². The van der Waals surface area contributed by atoms with Gasteiger partial charge in [0.05, 0.1) is 134 Å². The average Bonchev–Trinajstić information content (AvgIpc) is 0.926. The van der Waals surface area contributed by atoms with Gasteiger partial charge in [-0.1, -0.05) is 43.9 Å². The maximum atomic E-state index is 12.1. The molecule has 96 heavy (non-hydrogen) atoms. The molecule has 544 valence electrons. The smallest absolute Gasteiger partial charge is 0.394 e. The Balaban J connectivity index is 0.705. The van der Waals surface area contributed by atoms with Crippen LogP contribution in [0.4, 0.5) is 0 Å². The highest BCUT2D eigenvalue weighted by molar-refractivity contribution is 7.81. The van der Waals surface area contributed by atoms with E-state index in [4.69, 9.17) is 79.8 Å². The molecule has 13 aliphatic rings. The van der Waals surface area contributed by atoms with E-state index in [9.17, 15) is 52.0 Å². The van der Waals surface area contributed by atoms with Gasteiger partial charge in [0, 0.05) is 44.9 Å². The van der Waals surface area contributed by atoms with Gasteiger partial charge in [-0.15, -0.1) is 6.58 Å². The Bertz CT molecular complexity index is 3100. The minimum Gasteiger partial charge on any atom is -0.394 e. The summed E-state index contributed by atoms with van der Waals surface area (Å²) < 4.78 is 177. The second-order valence-electron chi connectivity index (χ2n) is 30.2. The van der Waals surface area contributed by atoms with E-state index < -0.39 is 215 Å². The van der Waals surface area contributed by atoms with Crippen molar-refractivity contribution in [1.29, 1.82) is 0 Å². The lowest BCUT2D eigenvalue weighted by atomic mass is 9.73. The number of hydrogen-bond acceptors (Lipinski definition) is 27. The monoisotopic (exact) mass is 1410 g/mol. The predicted molar refractivity (Wildman–Crippen MR) is 329 cm³/mol. The highest BCUT2D eigenvalue weighted by atomic mass is 32.3. The number of aliphatic hydroxyl groups excluding tert-OH is 5. The van der Waals surface area contributed by atoms with Crippen LogP contribution in [0.2, 0.25) is 0 Å². The number of ether oxygens (including phenoxy) is 15. The fraction of sp³-hybridized carbons (Fsp3) is 0.877. The van der Waals surface area contributed by atoms with Crippen LogP contribution in [0.1, 0.15) is 131 Å². The maximum Gasteiger partial charge on any atom is 0.397 e. The van der Waals surface area contributed by atoms with E-state index >= 15 is 0 Å². The summed E-state index contributed by atoms with van der Waals surface area (Å²) in [6, 6.07) is 0. The van der Waals surface area contributed by atoms with Crippen LogP contribution in [0, 0.1) is 5.92 Å². The first-order chi connectivity index (χ1) is 45.2. The van der Waals surface area contributed by atoms with Gasteiger partial charge in [0.25, 0.3) is 0 Å². The van der Waals surface area contributed by atoms with Gasteiger partial charge in [0.1, 0.15) is 72.2 Å². The summed E-state index contributed by atoms with van der Waals surface area (Å²) in [5.74, 6) is -0.175. The van der Waals surface area contributed by atoms with Crippen molar-refractivity contribution in [2.75, 3.05) is 19.8 Å². The number of fused-ring (bicyclic) bond motifs is 10. The summed E-state index contributed by atoms with van der Waals surface area (Å²) in [6.07, 6.45) is -13.0. The zero-order valence-corrected chi connectivity index (χ0v) is 56.7. The Hall–Kier alpha value is -2.14. The highest BCUT2D eigenvalue weighted by Crippen LogP contribution is 2.56. The summed E-state index contributed by atoms with van der Waals surface area (Å²) in [5, 5.41) is 65.8. The lowest BCUT2D eigenvalue weighted by molar-refractivity contribution is -0.382. The number of allylic oxidation sites excluding steroid dienone is 3. The number of aliphatic hydroxyl groups is 6. The lowest BCUT2D eigenvalue weighted by Gasteiger charge is -2.60. The van der Waals surface area contributed by atoms with Gasteiger partial charge in [-0.3, -0.25) is 9.11 Å². The molecule has 8 N–H and O–H groups in total. The van der Waals surface area contributed by atoms with Crippen LogP contribution in [0.25, 0.3) is 0 Å². The van der Waals surface area contributed by atoms with Crippen molar-refractivity contribution < 1.29 is 136 Å². The van der Waals surface area contributed by atoms with Crippen LogP contribution < -0.4 is 0 Å². The van der Waals surface area contributed by atoms with Gasteiger partial charge in [-0.05, 0) is 91.1 Å². The van der Waals surface area contributed by atoms with Crippen molar-refractivity contribution in [3.05, 3.63) is 49.1 Å². The molecule has 13 saturated heterocycles. The Labute approximate surface area is 560 Å². The third kappa shape index (κ3) is 14.2. The van der Waals surface area contributed by atoms with Gasteiger partial charge in [0.2, 0.25) is 0 Å². The van der Waals surface area contributed by atoms with E-state index in [0.29, 0.717) is 69.8 Å². The fourth-order valence-corrected chi connectivity index (χ4v) is 19.0. The molecule has 13 rings (SSSR count). The van der Waals surface area contributed by atoms with Crippen LogP contribution in [0.5, 0.6) is 0 Å². The Morgan fingerprint density at radius 1 is 0.667 bits per heavy atom. The van der Waals surface area contributed by atoms with E-state index in [1.807, 2.05) is 6.92 Å². The molecule has 0 radical (unpaired) electrons. The first-order valence-electron chi connectivity index (χ1n) is 34.0. The Morgan fingerprint density at radius 2 is 1.26 bits per heavy atom. The molecule has 0 aliphatic carbocycles. The Morgan fingerprint density at radius 3 is 1.94 bits per heavy atom. The molecule has 0 aromatic heterocycles. The van der Waals surface area contributed by atoms with Crippen molar-refractivity contribution in [3.8, 4) is 0 Å². The molecule has 13 aliphatic heterocycles. The summed E-state index contributed by atoms with van der Waals surface area (Å²) in [6.45, 7) is 22.3. The number of hydrogen-bond donors (Lipinski definition) is 8. The van der Waals surface area contributed by atoms with Crippen molar-refractivity contribution in [3.63, 3.8) is 0 Å². The van der Waals surface area contributed by atoms with Crippen LogP contribution in [0.3, 0.4) is 0 Å². The first-order valence-corrected chi connectivity index (χ1v) is 36.7. The standard InChI is InChI=1S/C65H98O29S2/c1-10-12-30(2)13-16-61(5,71)57-31(3)19-41-40(86-57)25-50-65(9,92-41)58(90-60-54(70)52(68)46(88-60)29-78-59-53(69)51(67)45(28-66)87-59)56-44(85-50)23-43-55(89-56)32(4)27-64(8)48(84-43)26-47-63(7,94-64)17-14-33-34(83-47)20-36-35(80-33)21-37-38(81-36)22-42-39(82-37)24-49(93-96(75,76)77)62(6,91-42)15-11-18-79-95(72,73)74/h10,13,16,32-60,66-71H,1-3,11-12,14-15,17-29H2,4-9H3,(H,72,73,74)(H,75,76,77)/b16-13+/t32-,33-,34+,35+,36-,37-,38+,39+,40+,41-,42-,43-,44+,45-,46-,47-,48+,49-,50-,51-,52-,53+,54+,55+,56+,57+,58+,59-,60+,61-,62+,63+,64-,65-/m0/s1. The molecule has 0 unspecified atom stereocenters. The molecular formula is C65H98O29S2. The zero-order chi connectivity index (χ0) is 68.6. The number of rotatable bonds is 18. The minimum atomic E-state index is -4.94. The predicted octanol–water partition coefficient (Wildman–Crippen LogP) is 1.99. The van der Waals surface area contributed by atoms with Crippen LogP contribution >= 0.6 is 0 Å². The van der Waals surface area contributed by atoms with Gasteiger partial charge >= 0.3 is 20.8 Å². The molecule has 0 aromatic rings. The Kier molecular flexibility index (Phi) is 20.4. The minimum absolute atomic E-state index is 0.0311. The normalized spacial score (nSPS) is 51.4. The second-order valence-corrected chi connectivity index (χ2v) is 32.4. The van der Waals surface area contributed by atoms with E-state index in [2.05, 4.69) is 44.7 Å². The quantitative estimate of drug-likeness (QED) is 0.0421. The largest absolute Gasteiger partial charge is 0.397 e. The maximum absolute atomic E-state index is 12.1. The molecule has 31 heteroatoms. The van der Waals surface area contributed by atoms with Crippen LogP contribution in [0.15, 0.2) is 49.1 Å². The van der Waals surface area contributed by atoms with E-state index in [1.54, 1.807) is 32.1 Å². The van der Waals surface area contributed by atoms with Gasteiger partial charge in [-0.2, -0.15) is 16.8 Å². The average molecular weight is 1410 g/mol. The van der Waals surface area contributed by atoms with Gasteiger partial charge < -0.3 is 102 Å². The molecule has 29 nitrogen and oxygen atoms in total. The van der Waals surface area contributed by atoms with Gasteiger partial charge in [0.15, 0.2) is 12.6 Å². The molecule has 0 aromatic carbocycles. The van der Waals surface area contributed by atoms with E-state index in [1.165, 1.54) is 0 Å². The molecule has 0 bridgehead atoms. The third-order valence-corrected chi connectivity index (χ3v) is 23.9. The second kappa shape index (κ2) is 27.2. The van der Waals surface area contributed by atoms with Gasteiger partial charge in [-0.25, -0.2) is 8.37 Å². The van der Waals surface area contributed by atoms with Crippen molar-refractivity contribution >= 4 is 20.8 Å². The highest BCUT2D eigenvalue weighted by Gasteiger charge is 2.67. The molecule has 13 fully saturated rings. The topological polar surface area (TPSA) is 387 Å². The first kappa shape index (κ1) is 72.2. The third-order valence-electron chi connectivity index (χ3n) is 23.0.